The number of benzene rings is 1. The van der Waals surface area contributed by atoms with Crippen molar-refractivity contribution in [1.82, 2.24) is 5.32 Å². The van der Waals surface area contributed by atoms with Gasteiger partial charge in [-0.25, -0.2) is 0 Å². The molecular formula is C17H26ClNO2. The SMILES string of the molecule is COc1ccc(Cl)cc1CC1(CNC(C)C)CCOC1C. The van der Waals surface area contributed by atoms with Crippen molar-refractivity contribution in [3.63, 3.8) is 0 Å². The van der Waals surface area contributed by atoms with Gasteiger partial charge in [0.25, 0.3) is 0 Å². The first-order valence-corrected chi connectivity index (χ1v) is 8.02. The average Bonchev–Trinajstić information content (AvgIpc) is 2.78. The molecule has 0 aromatic heterocycles. The molecule has 1 aromatic rings. The highest BCUT2D eigenvalue weighted by atomic mass is 35.5. The maximum Gasteiger partial charge on any atom is 0.122 e. The Kier molecular flexibility index (Phi) is 5.53. The number of halogens is 1. The molecule has 1 aromatic carbocycles. The minimum atomic E-state index is 0.0994. The average molecular weight is 312 g/mol. The molecule has 21 heavy (non-hydrogen) atoms. The van der Waals surface area contributed by atoms with Crippen molar-refractivity contribution in [2.24, 2.45) is 5.41 Å². The maximum absolute atomic E-state index is 6.17. The van der Waals surface area contributed by atoms with Gasteiger partial charge < -0.3 is 14.8 Å². The molecule has 0 aliphatic carbocycles. The third-order valence-electron chi connectivity index (χ3n) is 4.48. The summed E-state index contributed by atoms with van der Waals surface area (Å²) in [5, 5.41) is 4.33. The summed E-state index contributed by atoms with van der Waals surface area (Å²) >= 11 is 6.17. The Morgan fingerprint density at radius 2 is 2.24 bits per heavy atom. The zero-order valence-electron chi connectivity index (χ0n) is 13.4. The molecule has 2 unspecified atom stereocenters. The Hall–Kier alpha value is -0.770. The molecule has 1 N–H and O–H groups in total. The fraction of sp³-hybridized carbons (Fsp3) is 0.647. The van der Waals surface area contributed by atoms with E-state index in [9.17, 15) is 0 Å². The maximum atomic E-state index is 6.17. The van der Waals surface area contributed by atoms with Crippen LogP contribution in [0.4, 0.5) is 0 Å². The second-order valence-electron chi connectivity index (χ2n) is 6.29. The summed E-state index contributed by atoms with van der Waals surface area (Å²) in [5.74, 6) is 0.905. The molecule has 1 fully saturated rings. The number of nitrogens with one attached hydrogen (secondary N) is 1. The van der Waals surface area contributed by atoms with E-state index in [1.54, 1.807) is 7.11 Å². The number of hydrogen-bond acceptors (Lipinski definition) is 3. The van der Waals surface area contributed by atoms with Crippen LogP contribution >= 0.6 is 11.6 Å². The van der Waals surface area contributed by atoms with Crippen LogP contribution in [-0.4, -0.2) is 32.4 Å². The topological polar surface area (TPSA) is 30.5 Å². The molecule has 118 valence electrons. The highest BCUT2D eigenvalue weighted by Crippen LogP contribution is 2.40. The van der Waals surface area contributed by atoms with E-state index in [0.717, 1.165) is 42.3 Å². The first-order chi connectivity index (χ1) is 9.97. The highest BCUT2D eigenvalue weighted by Gasteiger charge is 2.41. The fourth-order valence-corrected chi connectivity index (χ4v) is 3.21. The largest absolute Gasteiger partial charge is 0.496 e. The zero-order valence-corrected chi connectivity index (χ0v) is 14.2. The smallest absolute Gasteiger partial charge is 0.122 e. The van der Waals surface area contributed by atoms with Crippen molar-refractivity contribution < 1.29 is 9.47 Å². The van der Waals surface area contributed by atoms with Crippen molar-refractivity contribution in [3.05, 3.63) is 28.8 Å². The molecule has 1 heterocycles. The fourth-order valence-electron chi connectivity index (χ4n) is 3.02. The highest BCUT2D eigenvalue weighted by molar-refractivity contribution is 6.30. The normalized spacial score (nSPS) is 25.5. The van der Waals surface area contributed by atoms with Gasteiger partial charge in [-0.2, -0.15) is 0 Å². The molecule has 0 radical (unpaired) electrons. The monoisotopic (exact) mass is 311 g/mol. The zero-order chi connectivity index (χ0) is 15.5. The Morgan fingerprint density at radius 1 is 1.48 bits per heavy atom. The molecule has 1 aliphatic heterocycles. The van der Waals surface area contributed by atoms with Crippen LogP contribution < -0.4 is 10.1 Å². The predicted octanol–water partition coefficient (Wildman–Crippen LogP) is 3.68. The van der Waals surface area contributed by atoms with Crippen LogP contribution in [0.2, 0.25) is 5.02 Å². The van der Waals surface area contributed by atoms with Gasteiger partial charge in [0, 0.05) is 29.6 Å². The lowest BCUT2D eigenvalue weighted by Gasteiger charge is -2.34. The minimum Gasteiger partial charge on any atom is -0.496 e. The van der Waals surface area contributed by atoms with E-state index in [2.05, 4.69) is 26.1 Å². The van der Waals surface area contributed by atoms with E-state index >= 15 is 0 Å². The lowest BCUT2D eigenvalue weighted by atomic mass is 9.76. The second kappa shape index (κ2) is 6.99. The minimum absolute atomic E-state index is 0.0994. The van der Waals surface area contributed by atoms with Gasteiger partial charge in [0.15, 0.2) is 0 Å². The molecular weight excluding hydrogens is 286 g/mol. The van der Waals surface area contributed by atoms with Crippen molar-refractivity contribution in [2.75, 3.05) is 20.3 Å². The van der Waals surface area contributed by atoms with E-state index in [4.69, 9.17) is 21.1 Å². The van der Waals surface area contributed by atoms with Gasteiger partial charge in [-0.3, -0.25) is 0 Å². The van der Waals surface area contributed by atoms with E-state index in [-0.39, 0.29) is 11.5 Å². The molecule has 2 rings (SSSR count). The molecule has 0 amide bonds. The Bertz CT molecular complexity index is 478. The van der Waals surface area contributed by atoms with Crippen LogP contribution in [0, 0.1) is 5.41 Å². The van der Waals surface area contributed by atoms with Crippen LogP contribution in [0.3, 0.4) is 0 Å². The van der Waals surface area contributed by atoms with E-state index in [1.165, 1.54) is 0 Å². The molecule has 1 aliphatic rings. The van der Waals surface area contributed by atoms with Crippen LogP contribution in [0.15, 0.2) is 18.2 Å². The predicted molar refractivity (Wildman–Crippen MR) is 87.3 cm³/mol. The van der Waals surface area contributed by atoms with E-state index < -0.39 is 0 Å². The first kappa shape index (κ1) is 16.6. The molecule has 3 nitrogen and oxygen atoms in total. The summed E-state index contributed by atoms with van der Waals surface area (Å²) in [7, 11) is 1.71. The first-order valence-electron chi connectivity index (χ1n) is 7.64. The number of hydrogen-bond donors (Lipinski definition) is 1. The Labute approximate surface area is 133 Å². The van der Waals surface area contributed by atoms with Gasteiger partial charge in [-0.1, -0.05) is 25.4 Å². The van der Waals surface area contributed by atoms with Crippen molar-refractivity contribution >= 4 is 11.6 Å². The number of ether oxygens (including phenoxy) is 2. The third kappa shape index (κ3) is 3.91. The van der Waals surface area contributed by atoms with Gasteiger partial charge in [-0.15, -0.1) is 0 Å². The van der Waals surface area contributed by atoms with Crippen molar-refractivity contribution in [2.45, 2.75) is 45.8 Å². The van der Waals surface area contributed by atoms with Crippen LogP contribution in [-0.2, 0) is 11.2 Å². The van der Waals surface area contributed by atoms with E-state index in [1.807, 2.05) is 18.2 Å². The van der Waals surface area contributed by atoms with Gasteiger partial charge in [-0.05, 0) is 43.5 Å². The molecule has 4 heteroatoms. The lowest BCUT2D eigenvalue weighted by molar-refractivity contribution is 0.0618. The Balaban J connectivity index is 2.25. The molecule has 2 atom stereocenters. The summed E-state index contributed by atoms with van der Waals surface area (Å²) in [6.45, 7) is 8.29. The van der Waals surface area contributed by atoms with Crippen molar-refractivity contribution in [1.29, 1.82) is 0 Å². The van der Waals surface area contributed by atoms with Crippen molar-refractivity contribution in [3.8, 4) is 5.75 Å². The Morgan fingerprint density at radius 3 is 2.81 bits per heavy atom. The van der Waals surface area contributed by atoms with Crippen LogP contribution in [0.1, 0.15) is 32.8 Å². The molecule has 0 bridgehead atoms. The quantitative estimate of drug-likeness (QED) is 0.869. The third-order valence-corrected chi connectivity index (χ3v) is 4.71. The van der Waals surface area contributed by atoms with Gasteiger partial charge in [0.05, 0.1) is 13.2 Å². The van der Waals surface area contributed by atoms with Gasteiger partial charge >= 0.3 is 0 Å². The molecule has 1 saturated heterocycles. The van der Waals surface area contributed by atoms with Gasteiger partial charge in [0.1, 0.15) is 5.75 Å². The summed E-state index contributed by atoms with van der Waals surface area (Å²) < 4.78 is 11.4. The van der Waals surface area contributed by atoms with Crippen LogP contribution in [0.5, 0.6) is 5.75 Å². The van der Waals surface area contributed by atoms with E-state index in [0.29, 0.717) is 6.04 Å². The summed E-state index contributed by atoms with van der Waals surface area (Å²) in [6.07, 6.45) is 2.20. The summed E-state index contributed by atoms with van der Waals surface area (Å²) in [6, 6.07) is 6.30. The standard InChI is InChI=1S/C17H26ClNO2/c1-12(2)19-11-17(7-8-21-13(17)3)10-14-9-15(18)5-6-16(14)20-4/h5-6,9,12-13,19H,7-8,10-11H2,1-4H3. The number of methoxy groups -OCH3 is 1. The van der Waals surface area contributed by atoms with Gasteiger partial charge in [0.2, 0.25) is 0 Å². The lowest BCUT2D eigenvalue weighted by Crippen LogP contribution is -2.43. The van der Waals surface area contributed by atoms with Crippen LogP contribution in [0.25, 0.3) is 0 Å². The summed E-state index contributed by atoms with van der Waals surface area (Å²) in [4.78, 5) is 0. The summed E-state index contributed by atoms with van der Waals surface area (Å²) in [5.41, 5.74) is 1.26. The number of rotatable bonds is 6. The molecule has 0 spiro atoms. The second-order valence-corrected chi connectivity index (χ2v) is 6.73. The molecule has 0 saturated carbocycles.